The molecule has 0 aliphatic rings. The first-order chi connectivity index (χ1) is 13.8. The van der Waals surface area contributed by atoms with Crippen LogP contribution in [0.15, 0.2) is 120 Å². The van der Waals surface area contributed by atoms with E-state index in [2.05, 4.69) is 72.8 Å². The zero-order valence-corrected chi connectivity index (χ0v) is 16.1. The van der Waals surface area contributed by atoms with E-state index < -0.39 is 4.75 Å². The Hall–Kier alpha value is -3.10. The number of rotatable bonds is 6. The van der Waals surface area contributed by atoms with Crippen LogP contribution in [0.4, 0.5) is 0 Å². The van der Waals surface area contributed by atoms with Gasteiger partial charge in [0, 0.05) is 10.5 Å². The topological polar surface area (TPSA) is 17.1 Å². The predicted octanol–water partition coefficient (Wildman–Crippen LogP) is 6.23. The minimum absolute atomic E-state index is 0.407. The second-order valence-corrected chi connectivity index (χ2v) is 7.80. The van der Waals surface area contributed by atoms with Gasteiger partial charge in [0.2, 0.25) is 6.29 Å². The summed E-state index contributed by atoms with van der Waals surface area (Å²) in [5.74, 6) is 0. The Morgan fingerprint density at radius 1 is 0.536 bits per heavy atom. The predicted molar refractivity (Wildman–Crippen MR) is 116 cm³/mol. The Morgan fingerprint density at radius 3 is 1.29 bits per heavy atom. The van der Waals surface area contributed by atoms with E-state index >= 15 is 0 Å². The highest BCUT2D eigenvalue weighted by Gasteiger charge is 2.37. The van der Waals surface area contributed by atoms with Gasteiger partial charge in [-0.15, -0.1) is 11.8 Å². The Bertz CT molecular complexity index is 929. The lowest BCUT2D eigenvalue weighted by molar-refractivity contribution is 0.562. The number of benzene rings is 4. The van der Waals surface area contributed by atoms with E-state index in [4.69, 9.17) is 0 Å². The normalized spacial score (nSPS) is 11.1. The van der Waals surface area contributed by atoms with E-state index in [0.717, 1.165) is 4.90 Å². The first-order valence-electron chi connectivity index (χ1n) is 9.17. The molecule has 0 saturated heterocycles. The van der Waals surface area contributed by atoms with E-state index in [9.17, 15) is 4.79 Å². The monoisotopic (exact) mass is 379 g/mol. The Morgan fingerprint density at radius 2 is 0.929 bits per heavy atom. The lowest BCUT2D eigenvalue weighted by Crippen LogP contribution is -2.25. The van der Waals surface area contributed by atoms with E-state index in [1.807, 2.05) is 48.8 Å². The average Bonchev–Trinajstić information content (AvgIpc) is 2.80. The Labute approximate surface area is 170 Å². The smallest absolute Gasteiger partial charge is 0.233 e. The van der Waals surface area contributed by atoms with Crippen molar-refractivity contribution >= 4 is 18.0 Å². The van der Waals surface area contributed by atoms with Gasteiger partial charge in [-0.3, -0.25) is 4.79 Å². The molecular formula is C26H19OS. The van der Waals surface area contributed by atoms with Gasteiger partial charge in [-0.1, -0.05) is 91.0 Å². The zero-order valence-electron chi connectivity index (χ0n) is 15.3. The molecule has 1 nitrogen and oxygen atoms in total. The molecule has 0 saturated carbocycles. The van der Waals surface area contributed by atoms with E-state index in [1.165, 1.54) is 16.7 Å². The fourth-order valence-corrected chi connectivity index (χ4v) is 4.85. The lowest BCUT2D eigenvalue weighted by atomic mass is 9.84. The van der Waals surface area contributed by atoms with Crippen molar-refractivity contribution in [3.8, 4) is 0 Å². The van der Waals surface area contributed by atoms with Crippen molar-refractivity contribution in [3.63, 3.8) is 0 Å². The van der Waals surface area contributed by atoms with Crippen LogP contribution in [0.5, 0.6) is 0 Å². The summed E-state index contributed by atoms with van der Waals surface area (Å²) in [7, 11) is 0. The molecule has 1 radical (unpaired) electrons. The van der Waals surface area contributed by atoms with Crippen LogP contribution in [0.2, 0.25) is 0 Å². The van der Waals surface area contributed by atoms with Crippen molar-refractivity contribution in [1.82, 2.24) is 0 Å². The van der Waals surface area contributed by atoms with Crippen molar-refractivity contribution in [2.24, 2.45) is 0 Å². The fourth-order valence-electron chi connectivity index (χ4n) is 3.46. The van der Waals surface area contributed by atoms with E-state index in [-0.39, 0.29) is 0 Å². The summed E-state index contributed by atoms with van der Waals surface area (Å²) >= 11 is 1.78. The quantitative estimate of drug-likeness (QED) is 0.292. The van der Waals surface area contributed by atoms with Gasteiger partial charge < -0.3 is 0 Å². The molecule has 0 aromatic heterocycles. The van der Waals surface area contributed by atoms with Gasteiger partial charge in [0.25, 0.3) is 0 Å². The van der Waals surface area contributed by atoms with Crippen LogP contribution in [0, 0.1) is 0 Å². The molecule has 0 amide bonds. The van der Waals surface area contributed by atoms with Gasteiger partial charge in [0.15, 0.2) is 0 Å². The second-order valence-electron chi connectivity index (χ2n) is 6.51. The Balaban J connectivity index is 1.96. The molecule has 2 heteroatoms. The second kappa shape index (κ2) is 8.28. The molecule has 4 rings (SSSR count). The molecule has 4 aromatic rings. The maximum absolute atomic E-state index is 10.9. The van der Waals surface area contributed by atoms with Gasteiger partial charge >= 0.3 is 0 Å². The highest BCUT2D eigenvalue weighted by molar-refractivity contribution is 8.00. The van der Waals surface area contributed by atoms with Gasteiger partial charge in [-0.2, -0.15) is 0 Å². The third-order valence-corrected chi connectivity index (χ3v) is 6.31. The molecule has 0 atom stereocenters. The van der Waals surface area contributed by atoms with Crippen molar-refractivity contribution in [2.45, 2.75) is 9.64 Å². The molecule has 0 heterocycles. The molecule has 0 fully saturated rings. The van der Waals surface area contributed by atoms with Crippen molar-refractivity contribution in [1.29, 1.82) is 0 Å². The van der Waals surface area contributed by atoms with Gasteiger partial charge in [0.05, 0.1) is 4.75 Å². The minimum Gasteiger partial charge on any atom is -0.285 e. The third-order valence-electron chi connectivity index (χ3n) is 4.78. The Kier molecular flexibility index (Phi) is 5.41. The minimum atomic E-state index is -0.407. The van der Waals surface area contributed by atoms with Crippen molar-refractivity contribution in [3.05, 3.63) is 138 Å². The van der Waals surface area contributed by atoms with Crippen LogP contribution in [0.25, 0.3) is 0 Å². The first-order valence-corrected chi connectivity index (χ1v) is 9.98. The number of hydrogen-bond acceptors (Lipinski definition) is 2. The highest BCUT2D eigenvalue weighted by atomic mass is 32.2. The van der Waals surface area contributed by atoms with Crippen molar-refractivity contribution < 1.29 is 4.79 Å². The molecule has 0 unspecified atom stereocenters. The maximum Gasteiger partial charge on any atom is 0.233 e. The van der Waals surface area contributed by atoms with Gasteiger partial charge in [-0.05, 0) is 41.0 Å². The SMILES string of the molecule is O=[C]c1ccc(SC(c2ccccc2)(c2ccccc2)c2ccccc2)cc1. The molecule has 0 aliphatic carbocycles. The summed E-state index contributed by atoms with van der Waals surface area (Å²) in [6, 6.07) is 39.4. The fraction of sp³-hybridized carbons (Fsp3) is 0.0385. The molecule has 28 heavy (non-hydrogen) atoms. The average molecular weight is 380 g/mol. The van der Waals surface area contributed by atoms with E-state index in [1.54, 1.807) is 11.8 Å². The van der Waals surface area contributed by atoms with Crippen LogP contribution in [-0.2, 0) is 9.54 Å². The summed E-state index contributed by atoms with van der Waals surface area (Å²) in [4.78, 5) is 12.0. The van der Waals surface area contributed by atoms with Gasteiger partial charge in [-0.25, -0.2) is 0 Å². The summed E-state index contributed by atoms with van der Waals surface area (Å²) in [5, 5.41) is 0. The molecular weight excluding hydrogens is 360 g/mol. The number of hydrogen-bond donors (Lipinski definition) is 0. The van der Waals surface area contributed by atoms with Crippen molar-refractivity contribution in [2.75, 3.05) is 0 Å². The van der Waals surface area contributed by atoms with Crippen LogP contribution >= 0.6 is 11.8 Å². The molecule has 135 valence electrons. The van der Waals surface area contributed by atoms with E-state index in [0.29, 0.717) is 5.56 Å². The highest BCUT2D eigenvalue weighted by Crippen LogP contribution is 2.51. The number of carbonyl (C=O) groups excluding carboxylic acids is 1. The standard InChI is InChI=1S/C26H19OS/c27-20-21-16-18-25(19-17-21)28-26(22-10-4-1-5-11-22,23-12-6-2-7-13-23)24-14-8-3-9-15-24/h1-19H. The lowest BCUT2D eigenvalue weighted by Gasteiger charge is -2.35. The van der Waals surface area contributed by atoms with Gasteiger partial charge in [0.1, 0.15) is 0 Å². The summed E-state index contributed by atoms with van der Waals surface area (Å²) in [6.07, 6.45) is 1.95. The van der Waals surface area contributed by atoms with Crippen LogP contribution < -0.4 is 0 Å². The molecule has 4 aromatic carbocycles. The first kappa shape index (κ1) is 18.3. The van der Waals surface area contributed by atoms with Crippen LogP contribution in [0.1, 0.15) is 22.3 Å². The molecule has 0 spiro atoms. The maximum atomic E-state index is 10.9. The summed E-state index contributed by atoms with van der Waals surface area (Å²) in [6.45, 7) is 0. The van der Waals surface area contributed by atoms with Crippen LogP contribution in [-0.4, -0.2) is 6.29 Å². The summed E-state index contributed by atoms with van der Waals surface area (Å²) in [5.41, 5.74) is 4.20. The van der Waals surface area contributed by atoms with Crippen LogP contribution in [0.3, 0.4) is 0 Å². The third kappa shape index (κ3) is 3.51. The molecule has 0 aliphatic heterocycles. The number of thioether (sulfide) groups is 1. The molecule has 0 N–H and O–H groups in total. The molecule has 0 bridgehead atoms. The largest absolute Gasteiger partial charge is 0.285 e. The zero-order chi connectivity index (χ0) is 19.2. The summed E-state index contributed by atoms with van der Waals surface area (Å²) < 4.78 is -0.407.